The van der Waals surface area contributed by atoms with Crippen molar-refractivity contribution in [2.24, 2.45) is 12.0 Å². The molecule has 2 aromatic rings. The number of nitrogens with one attached hydrogen (secondary N) is 2. The Hall–Kier alpha value is -2.61. The second-order valence-corrected chi connectivity index (χ2v) is 7.07. The second-order valence-electron chi connectivity index (χ2n) is 7.07. The summed E-state index contributed by atoms with van der Waals surface area (Å²) in [6, 6.07) is 6.16. The predicted octanol–water partition coefficient (Wildman–Crippen LogP) is 1.85. The molecule has 1 aliphatic rings. The van der Waals surface area contributed by atoms with E-state index in [-0.39, 0.29) is 6.10 Å². The molecule has 0 aliphatic carbocycles. The van der Waals surface area contributed by atoms with Crippen molar-refractivity contribution in [3.05, 3.63) is 41.0 Å². The lowest BCUT2D eigenvalue weighted by atomic mass is 10.1. The molecule has 1 unspecified atom stereocenters. The number of aromatic nitrogens is 3. The van der Waals surface area contributed by atoms with Crippen molar-refractivity contribution < 1.29 is 9.47 Å². The Balaban J connectivity index is 1.68. The summed E-state index contributed by atoms with van der Waals surface area (Å²) in [6.07, 6.45) is 2.43. The minimum atomic E-state index is 0.234. The summed E-state index contributed by atoms with van der Waals surface area (Å²) >= 11 is 0. The summed E-state index contributed by atoms with van der Waals surface area (Å²) in [7, 11) is 3.65. The van der Waals surface area contributed by atoms with Gasteiger partial charge in [0.2, 0.25) is 0 Å². The van der Waals surface area contributed by atoms with Gasteiger partial charge in [-0.1, -0.05) is 12.1 Å². The van der Waals surface area contributed by atoms with Crippen molar-refractivity contribution in [3.8, 4) is 5.75 Å². The van der Waals surface area contributed by atoms with Crippen molar-refractivity contribution in [1.82, 2.24) is 25.4 Å². The van der Waals surface area contributed by atoms with Crippen molar-refractivity contribution in [2.45, 2.75) is 45.9 Å². The monoisotopic (exact) mass is 386 g/mol. The molecule has 1 aromatic heterocycles. The van der Waals surface area contributed by atoms with Crippen molar-refractivity contribution in [3.63, 3.8) is 0 Å². The number of hydrogen-bond donors (Lipinski definition) is 2. The fourth-order valence-electron chi connectivity index (χ4n) is 3.10. The number of hydrogen-bond acceptors (Lipinski definition) is 5. The Bertz CT molecular complexity index is 811. The summed E-state index contributed by atoms with van der Waals surface area (Å²) in [5, 5.41) is 15.1. The van der Waals surface area contributed by atoms with Gasteiger partial charge in [-0.05, 0) is 38.3 Å². The van der Waals surface area contributed by atoms with E-state index >= 15 is 0 Å². The molecule has 0 amide bonds. The van der Waals surface area contributed by atoms with Crippen LogP contribution < -0.4 is 15.4 Å². The number of aliphatic imine (C=N–C) groups is 1. The zero-order chi connectivity index (χ0) is 19.9. The largest absolute Gasteiger partial charge is 0.496 e. The topological polar surface area (TPSA) is 85.6 Å². The molecule has 1 fully saturated rings. The maximum atomic E-state index is 5.71. The third-order valence-electron chi connectivity index (χ3n) is 4.97. The van der Waals surface area contributed by atoms with Gasteiger partial charge < -0.3 is 24.7 Å². The van der Waals surface area contributed by atoms with Crippen LogP contribution in [0.4, 0.5) is 0 Å². The molecular weight excluding hydrogens is 356 g/mol. The highest BCUT2D eigenvalue weighted by molar-refractivity contribution is 5.79. The lowest BCUT2D eigenvalue weighted by molar-refractivity contribution is 0.113. The fourth-order valence-corrected chi connectivity index (χ4v) is 3.10. The summed E-state index contributed by atoms with van der Waals surface area (Å²) in [6.45, 7) is 6.61. The number of methoxy groups -OCH3 is 1. The first kappa shape index (κ1) is 20.1. The van der Waals surface area contributed by atoms with Crippen LogP contribution >= 0.6 is 0 Å². The van der Waals surface area contributed by atoms with Gasteiger partial charge in [-0.25, -0.2) is 4.99 Å². The highest BCUT2D eigenvalue weighted by Gasteiger charge is 2.16. The van der Waals surface area contributed by atoms with Gasteiger partial charge in [-0.15, -0.1) is 10.2 Å². The maximum absolute atomic E-state index is 5.71. The number of aryl methyl sites for hydroxylation is 2. The van der Waals surface area contributed by atoms with Gasteiger partial charge in [0.1, 0.15) is 11.6 Å². The molecule has 1 atom stereocenters. The molecule has 1 aromatic carbocycles. The van der Waals surface area contributed by atoms with Crippen LogP contribution in [0.3, 0.4) is 0 Å². The standard InChI is InChI=1S/C20H30N6O2/c1-14-7-8-16(18(10-14)27-4)11-21-20(22-12-17-6-5-9-28-17)23-13-19-25-24-15(2)26(19)3/h7-8,10,17H,5-6,9,11-13H2,1-4H3,(H2,21,22,23). The molecule has 8 nitrogen and oxygen atoms in total. The van der Waals surface area contributed by atoms with Gasteiger partial charge in [-0.2, -0.15) is 0 Å². The van der Waals surface area contributed by atoms with Crippen molar-refractivity contribution in [1.29, 1.82) is 0 Å². The second kappa shape index (κ2) is 9.54. The van der Waals surface area contributed by atoms with E-state index in [4.69, 9.17) is 14.5 Å². The Morgan fingerprint density at radius 1 is 1.32 bits per heavy atom. The molecule has 152 valence electrons. The summed E-state index contributed by atoms with van der Waals surface area (Å²) < 4.78 is 13.2. The lowest BCUT2D eigenvalue weighted by Crippen LogP contribution is -2.41. The molecule has 0 bridgehead atoms. The Kier molecular flexibility index (Phi) is 6.86. The first-order chi connectivity index (χ1) is 13.6. The number of benzene rings is 1. The Morgan fingerprint density at radius 3 is 2.86 bits per heavy atom. The minimum Gasteiger partial charge on any atom is -0.496 e. The summed E-state index contributed by atoms with van der Waals surface area (Å²) in [4.78, 5) is 4.75. The van der Waals surface area contributed by atoms with E-state index < -0.39 is 0 Å². The third-order valence-corrected chi connectivity index (χ3v) is 4.97. The van der Waals surface area contributed by atoms with E-state index in [2.05, 4.69) is 39.9 Å². The Morgan fingerprint density at radius 2 is 2.18 bits per heavy atom. The first-order valence-electron chi connectivity index (χ1n) is 9.69. The van der Waals surface area contributed by atoms with Gasteiger partial charge >= 0.3 is 0 Å². The van der Waals surface area contributed by atoms with Crippen LogP contribution in [0.5, 0.6) is 5.75 Å². The van der Waals surface area contributed by atoms with Gasteiger partial charge in [0, 0.05) is 25.8 Å². The van der Waals surface area contributed by atoms with Crippen LogP contribution in [0.1, 0.15) is 35.6 Å². The number of rotatable bonds is 7. The highest BCUT2D eigenvalue weighted by atomic mass is 16.5. The van der Waals surface area contributed by atoms with Crippen molar-refractivity contribution in [2.75, 3.05) is 20.3 Å². The molecule has 3 rings (SSSR count). The lowest BCUT2D eigenvalue weighted by Gasteiger charge is -2.16. The molecule has 8 heteroatoms. The van der Waals surface area contributed by atoms with Crippen LogP contribution in [0.25, 0.3) is 0 Å². The zero-order valence-corrected chi connectivity index (χ0v) is 17.2. The van der Waals surface area contributed by atoms with Crippen LogP contribution in [0, 0.1) is 13.8 Å². The fraction of sp³-hybridized carbons (Fsp3) is 0.550. The average Bonchev–Trinajstić information content (AvgIpc) is 3.33. The average molecular weight is 387 g/mol. The van der Waals surface area contributed by atoms with Gasteiger partial charge in [0.25, 0.3) is 0 Å². The van der Waals surface area contributed by atoms with E-state index in [0.29, 0.717) is 13.1 Å². The molecule has 2 N–H and O–H groups in total. The van der Waals surface area contributed by atoms with E-state index in [1.165, 1.54) is 0 Å². The Labute approximate surface area is 166 Å². The highest BCUT2D eigenvalue weighted by Crippen LogP contribution is 2.20. The molecule has 1 saturated heterocycles. The van der Waals surface area contributed by atoms with Crippen molar-refractivity contribution >= 4 is 5.96 Å². The van der Waals surface area contributed by atoms with Gasteiger partial charge in [0.15, 0.2) is 11.8 Å². The summed E-state index contributed by atoms with van der Waals surface area (Å²) in [5.74, 6) is 3.31. The quantitative estimate of drug-likeness (QED) is 0.558. The van der Waals surface area contributed by atoms with Crippen LogP contribution in [-0.4, -0.2) is 47.1 Å². The van der Waals surface area contributed by atoms with Gasteiger partial charge in [0.05, 0.1) is 26.3 Å². The van der Waals surface area contributed by atoms with E-state index in [1.807, 2.05) is 24.6 Å². The van der Waals surface area contributed by atoms with Crippen LogP contribution in [0.2, 0.25) is 0 Å². The van der Waals surface area contributed by atoms with Crippen LogP contribution in [-0.2, 0) is 24.9 Å². The van der Waals surface area contributed by atoms with Gasteiger partial charge in [-0.3, -0.25) is 0 Å². The normalized spacial score (nSPS) is 17.0. The SMILES string of the molecule is COc1cc(C)ccc1CN=C(NCc1nnc(C)n1C)NCC1CCCO1. The van der Waals surface area contributed by atoms with E-state index in [0.717, 1.165) is 60.5 Å². The van der Waals surface area contributed by atoms with E-state index in [1.54, 1.807) is 7.11 Å². The third kappa shape index (κ3) is 5.22. The molecule has 0 saturated carbocycles. The van der Waals surface area contributed by atoms with E-state index in [9.17, 15) is 0 Å². The zero-order valence-electron chi connectivity index (χ0n) is 17.2. The number of guanidine groups is 1. The molecule has 2 heterocycles. The summed E-state index contributed by atoms with van der Waals surface area (Å²) in [5.41, 5.74) is 2.21. The maximum Gasteiger partial charge on any atom is 0.192 e. The molecule has 0 spiro atoms. The van der Waals surface area contributed by atoms with Crippen LogP contribution in [0.15, 0.2) is 23.2 Å². The number of nitrogens with zero attached hydrogens (tertiary/aromatic N) is 4. The minimum absolute atomic E-state index is 0.234. The smallest absolute Gasteiger partial charge is 0.192 e. The first-order valence-corrected chi connectivity index (χ1v) is 9.69. The molecular formula is C20H30N6O2. The molecule has 0 radical (unpaired) electrons. The molecule has 1 aliphatic heterocycles. The number of ether oxygens (including phenoxy) is 2. The predicted molar refractivity (Wildman–Crippen MR) is 108 cm³/mol. The molecule has 28 heavy (non-hydrogen) atoms.